The third kappa shape index (κ3) is 4.14. The zero-order valence-corrected chi connectivity index (χ0v) is 12.8. The van der Waals surface area contributed by atoms with E-state index in [0.717, 1.165) is 37.6 Å². The molecule has 0 aromatic heterocycles. The molecule has 0 spiro atoms. The van der Waals surface area contributed by atoms with Crippen molar-refractivity contribution in [2.45, 2.75) is 18.9 Å². The molecule has 2 fully saturated rings. The highest BCUT2D eigenvalue weighted by Crippen LogP contribution is 2.23. The van der Waals surface area contributed by atoms with Crippen molar-refractivity contribution in [1.82, 2.24) is 10.2 Å². The van der Waals surface area contributed by atoms with E-state index >= 15 is 0 Å². The lowest BCUT2D eigenvalue weighted by atomic mass is 10.1. The second kappa shape index (κ2) is 7.34. The van der Waals surface area contributed by atoms with Crippen LogP contribution in [-0.2, 0) is 6.42 Å². The van der Waals surface area contributed by atoms with E-state index in [1.54, 1.807) is 0 Å². The SMILES string of the molecule is c1cc(CCN2CCNCC2)cc(OC2CCSC2)c1. The van der Waals surface area contributed by atoms with Gasteiger partial charge in [0.1, 0.15) is 11.9 Å². The van der Waals surface area contributed by atoms with Crippen LogP contribution in [0.4, 0.5) is 0 Å². The van der Waals surface area contributed by atoms with Gasteiger partial charge in [-0.25, -0.2) is 0 Å². The fourth-order valence-electron chi connectivity index (χ4n) is 2.79. The molecule has 3 nitrogen and oxygen atoms in total. The maximum absolute atomic E-state index is 6.06. The van der Waals surface area contributed by atoms with E-state index in [-0.39, 0.29) is 0 Å². The summed E-state index contributed by atoms with van der Waals surface area (Å²) in [5.74, 6) is 3.44. The molecule has 2 heterocycles. The third-order valence-corrected chi connectivity index (χ3v) is 5.15. The molecule has 0 amide bonds. The number of thioether (sulfide) groups is 1. The fourth-order valence-corrected chi connectivity index (χ4v) is 3.89. The number of ether oxygens (including phenoxy) is 1. The van der Waals surface area contributed by atoms with Crippen LogP contribution in [-0.4, -0.2) is 55.2 Å². The van der Waals surface area contributed by atoms with Crippen LogP contribution in [0, 0.1) is 0 Å². The molecule has 4 heteroatoms. The Labute approximate surface area is 126 Å². The van der Waals surface area contributed by atoms with Crippen molar-refractivity contribution in [2.24, 2.45) is 0 Å². The second-order valence-electron chi connectivity index (χ2n) is 5.59. The molecule has 0 radical (unpaired) electrons. The van der Waals surface area contributed by atoms with Gasteiger partial charge in [-0.3, -0.25) is 0 Å². The lowest BCUT2D eigenvalue weighted by Gasteiger charge is -2.27. The summed E-state index contributed by atoms with van der Waals surface area (Å²) >= 11 is 2.00. The Morgan fingerprint density at radius 3 is 3.00 bits per heavy atom. The first kappa shape index (κ1) is 14.2. The summed E-state index contributed by atoms with van der Waals surface area (Å²) < 4.78 is 6.06. The summed E-state index contributed by atoms with van der Waals surface area (Å²) in [5.41, 5.74) is 1.40. The number of piperazine rings is 1. The molecule has 2 saturated heterocycles. The number of nitrogens with zero attached hydrogens (tertiary/aromatic N) is 1. The first-order chi connectivity index (χ1) is 9.90. The Balaban J connectivity index is 1.50. The molecule has 1 N–H and O–H groups in total. The first-order valence-electron chi connectivity index (χ1n) is 7.66. The number of rotatable bonds is 5. The molecule has 2 aliphatic rings. The number of benzene rings is 1. The molecule has 3 rings (SSSR count). The highest BCUT2D eigenvalue weighted by molar-refractivity contribution is 7.99. The summed E-state index contributed by atoms with van der Waals surface area (Å²) in [6, 6.07) is 8.67. The maximum atomic E-state index is 6.06. The van der Waals surface area contributed by atoms with Crippen LogP contribution >= 0.6 is 11.8 Å². The van der Waals surface area contributed by atoms with Crippen molar-refractivity contribution in [3.05, 3.63) is 29.8 Å². The second-order valence-corrected chi connectivity index (χ2v) is 6.74. The zero-order chi connectivity index (χ0) is 13.6. The summed E-state index contributed by atoms with van der Waals surface area (Å²) in [6.45, 7) is 5.76. The van der Waals surface area contributed by atoms with Gasteiger partial charge in [0, 0.05) is 38.5 Å². The molecule has 1 unspecified atom stereocenters. The normalized spacial score (nSPS) is 23.9. The lowest BCUT2D eigenvalue weighted by Crippen LogP contribution is -2.44. The van der Waals surface area contributed by atoms with Crippen LogP contribution < -0.4 is 10.1 Å². The molecule has 1 aromatic rings. The van der Waals surface area contributed by atoms with Gasteiger partial charge in [0.15, 0.2) is 0 Å². The van der Waals surface area contributed by atoms with Crippen LogP contribution in [0.3, 0.4) is 0 Å². The van der Waals surface area contributed by atoms with Gasteiger partial charge < -0.3 is 15.0 Å². The van der Waals surface area contributed by atoms with Gasteiger partial charge in [-0.2, -0.15) is 11.8 Å². The van der Waals surface area contributed by atoms with E-state index in [9.17, 15) is 0 Å². The van der Waals surface area contributed by atoms with Crippen LogP contribution in [0.5, 0.6) is 5.75 Å². The van der Waals surface area contributed by atoms with Crippen molar-refractivity contribution < 1.29 is 4.74 Å². The van der Waals surface area contributed by atoms with Gasteiger partial charge in [0.2, 0.25) is 0 Å². The lowest BCUT2D eigenvalue weighted by molar-refractivity contribution is 0.228. The van der Waals surface area contributed by atoms with Gasteiger partial charge in [-0.1, -0.05) is 12.1 Å². The van der Waals surface area contributed by atoms with E-state index in [1.165, 1.54) is 30.8 Å². The molecular formula is C16H24N2OS. The standard InChI is InChI=1S/C16H24N2OS/c1-2-14(4-8-18-9-6-17-7-10-18)12-15(3-1)19-16-5-11-20-13-16/h1-3,12,16-17H,4-11,13H2. The number of hydrogen-bond donors (Lipinski definition) is 1. The van der Waals surface area contributed by atoms with Gasteiger partial charge in [0.25, 0.3) is 0 Å². The smallest absolute Gasteiger partial charge is 0.120 e. The summed E-state index contributed by atoms with van der Waals surface area (Å²) in [4.78, 5) is 2.54. The monoisotopic (exact) mass is 292 g/mol. The highest BCUT2D eigenvalue weighted by atomic mass is 32.2. The van der Waals surface area contributed by atoms with Gasteiger partial charge in [0.05, 0.1) is 0 Å². The Morgan fingerprint density at radius 1 is 1.30 bits per heavy atom. The minimum atomic E-state index is 0.420. The van der Waals surface area contributed by atoms with Crippen molar-refractivity contribution in [2.75, 3.05) is 44.2 Å². The fraction of sp³-hybridized carbons (Fsp3) is 0.625. The molecule has 0 saturated carbocycles. The van der Waals surface area contributed by atoms with E-state index in [1.807, 2.05) is 11.8 Å². The van der Waals surface area contributed by atoms with Crippen molar-refractivity contribution in [3.8, 4) is 5.75 Å². The summed E-state index contributed by atoms with van der Waals surface area (Å²) in [5, 5.41) is 3.40. The Bertz CT molecular complexity index is 415. The third-order valence-electron chi connectivity index (χ3n) is 4.02. The molecule has 110 valence electrons. The minimum absolute atomic E-state index is 0.420. The molecule has 1 atom stereocenters. The van der Waals surface area contributed by atoms with Gasteiger partial charge in [-0.15, -0.1) is 0 Å². The topological polar surface area (TPSA) is 24.5 Å². The average molecular weight is 292 g/mol. The molecule has 2 aliphatic heterocycles. The predicted molar refractivity (Wildman–Crippen MR) is 85.8 cm³/mol. The van der Waals surface area contributed by atoms with E-state index in [0.29, 0.717) is 6.10 Å². The van der Waals surface area contributed by atoms with E-state index < -0.39 is 0 Å². The van der Waals surface area contributed by atoms with Crippen LogP contribution in [0.1, 0.15) is 12.0 Å². The largest absolute Gasteiger partial charge is 0.490 e. The summed E-state index contributed by atoms with van der Waals surface area (Å²) in [7, 11) is 0. The van der Waals surface area contributed by atoms with Crippen molar-refractivity contribution >= 4 is 11.8 Å². The van der Waals surface area contributed by atoms with Crippen LogP contribution in [0.2, 0.25) is 0 Å². The zero-order valence-electron chi connectivity index (χ0n) is 12.0. The minimum Gasteiger partial charge on any atom is -0.490 e. The quantitative estimate of drug-likeness (QED) is 0.897. The van der Waals surface area contributed by atoms with E-state index in [4.69, 9.17) is 4.74 Å². The predicted octanol–water partition coefficient (Wildman–Crippen LogP) is 2.02. The van der Waals surface area contributed by atoms with Gasteiger partial charge in [-0.05, 0) is 36.3 Å². The molecule has 1 aromatic carbocycles. The Morgan fingerprint density at radius 2 is 2.20 bits per heavy atom. The average Bonchev–Trinajstić information content (AvgIpc) is 3.00. The van der Waals surface area contributed by atoms with Crippen molar-refractivity contribution in [1.29, 1.82) is 0 Å². The number of hydrogen-bond acceptors (Lipinski definition) is 4. The highest BCUT2D eigenvalue weighted by Gasteiger charge is 2.17. The van der Waals surface area contributed by atoms with Crippen molar-refractivity contribution in [3.63, 3.8) is 0 Å². The first-order valence-corrected chi connectivity index (χ1v) is 8.82. The molecule has 0 bridgehead atoms. The van der Waals surface area contributed by atoms with Crippen LogP contribution in [0.15, 0.2) is 24.3 Å². The Kier molecular flexibility index (Phi) is 5.23. The maximum Gasteiger partial charge on any atom is 0.120 e. The number of nitrogens with one attached hydrogen (secondary N) is 1. The molecule has 0 aliphatic carbocycles. The van der Waals surface area contributed by atoms with Gasteiger partial charge >= 0.3 is 0 Å². The summed E-state index contributed by atoms with van der Waals surface area (Å²) in [6.07, 6.45) is 2.73. The van der Waals surface area contributed by atoms with Crippen LogP contribution in [0.25, 0.3) is 0 Å². The van der Waals surface area contributed by atoms with E-state index in [2.05, 4.69) is 34.5 Å². The molecular weight excluding hydrogens is 268 g/mol. The molecule has 20 heavy (non-hydrogen) atoms. The Hall–Kier alpha value is -0.710.